The van der Waals surface area contributed by atoms with Gasteiger partial charge in [0.25, 0.3) is 0 Å². The molecule has 0 saturated heterocycles. The number of hydrogen-bond donors (Lipinski definition) is 1. The first-order chi connectivity index (χ1) is 20.9. The lowest BCUT2D eigenvalue weighted by atomic mass is 9.87. The van der Waals surface area contributed by atoms with Crippen molar-refractivity contribution in [2.24, 2.45) is 0 Å². The van der Waals surface area contributed by atoms with E-state index in [0.717, 1.165) is 22.6 Å². The Kier molecular flexibility index (Phi) is 10.7. The molecule has 44 heavy (non-hydrogen) atoms. The molecule has 4 aromatic rings. The molecule has 0 amide bonds. The van der Waals surface area contributed by atoms with Crippen LogP contribution in [0.3, 0.4) is 0 Å². The Bertz CT molecular complexity index is 1600. The average molecular weight is 641 g/mol. The van der Waals surface area contributed by atoms with E-state index in [0.29, 0.717) is 38.6 Å². The van der Waals surface area contributed by atoms with Crippen LogP contribution in [0.5, 0.6) is 11.6 Å². The number of anilines is 1. The predicted molar refractivity (Wildman–Crippen MR) is 174 cm³/mol. The summed E-state index contributed by atoms with van der Waals surface area (Å²) in [6.45, 7) is 15.8. The number of carbonyl (C=O) groups excluding carboxylic acids is 1. The van der Waals surface area contributed by atoms with Crippen LogP contribution in [0, 0.1) is 13.8 Å². The van der Waals surface area contributed by atoms with Crippen molar-refractivity contribution in [1.29, 1.82) is 0 Å². The largest absolute Gasteiger partial charge is 0.462 e. The van der Waals surface area contributed by atoms with Crippen LogP contribution in [-0.4, -0.2) is 40.6 Å². The van der Waals surface area contributed by atoms with Gasteiger partial charge in [-0.1, -0.05) is 62.4 Å². The van der Waals surface area contributed by atoms with Crippen molar-refractivity contribution < 1.29 is 27.9 Å². The number of carbonyl (C=O) groups is 1. The van der Waals surface area contributed by atoms with Crippen molar-refractivity contribution in [2.45, 2.75) is 66.6 Å². The number of thiazole rings is 1. The molecule has 0 bridgehead atoms. The highest BCUT2D eigenvalue weighted by Gasteiger charge is 2.43. The third-order valence-corrected chi connectivity index (χ3v) is 10.0. The van der Waals surface area contributed by atoms with E-state index < -0.39 is 19.3 Å². The molecule has 0 aliphatic heterocycles. The van der Waals surface area contributed by atoms with Crippen molar-refractivity contribution in [2.75, 3.05) is 25.1 Å². The Hall–Kier alpha value is -3.50. The smallest absolute Gasteiger partial charge is 0.357 e. The van der Waals surface area contributed by atoms with Crippen LogP contribution in [-0.2, 0) is 23.8 Å². The minimum Gasteiger partial charge on any atom is -0.462 e. The lowest BCUT2D eigenvalue weighted by molar-refractivity contribution is 0.0531. The molecule has 0 saturated carbocycles. The number of nitrogens with zero attached hydrogens (tertiary/aromatic N) is 3. The zero-order valence-corrected chi connectivity index (χ0v) is 28.3. The number of rotatable bonds is 13. The van der Waals surface area contributed by atoms with Crippen LogP contribution in [0.4, 0.5) is 5.13 Å². The number of ether oxygens (including phenoxy) is 2. The van der Waals surface area contributed by atoms with Crippen LogP contribution in [0.2, 0.25) is 0 Å². The van der Waals surface area contributed by atoms with E-state index in [9.17, 15) is 9.36 Å². The highest BCUT2D eigenvalue weighted by atomic mass is 32.1. The van der Waals surface area contributed by atoms with Gasteiger partial charge in [-0.2, -0.15) is 5.10 Å². The summed E-state index contributed by atoms with van der Waals surface area (Å²) >= 11 is 1.11. The molecule has 2 aromatic heterocycles. The van der Waals surface area contributed by atoms with Crippen molar-refractivity contribution in [3.63, 3.8) is 0 Å². The molecule has 4 rings (SSSR count). The van der Waals surface area contributed by atoms with Crippen molar-refractivity contribution in [1.82, 2.24) is 14.8 Å². The van der Waals surface area contributed by atoms with E-state index >= 15 is 0 Å². The first-order valence-corrected chi connectivity index (χ1v) is 17.1. The summed E-state index contributed by atoms with van der Waals surface area (Å²) in [7, 11) is -3.92. The van der Waals surface area contributed by atoms with Crippen LogP contribution in [0.1, 0.15) is 79.5 Å². The number of hydrogen-bond acceptors (Lipinski definition) is 10. The first kappa shape index (κ1) is 33.4. The quantitative estimate of drug-likeness (QED) is 0.113. The monoisotopic (exact) mass is 640 g/mol. The van der Waals surface area contributed by atoms with Crippen LogP contribution in [0.15, 0.2) is 54.6 Å². The van der Waals surface area contributed by atoms with E-state index in [1.54, 1.807) is 32.4 Å². The first-order valence-electron chi connectivity index (χ1n) is 14.6. The van der Waals surface area contributed by atoms with Gasteiger partial charge in [-0.15, -0.1) is 0 Å². The fourth-order valence-electron chi connectivity index (χ4n) is 4.63. The summed E-state index contributed by atoms with van der Waals surface area (Å²) in [5.74, 6) is -0.634. The summed E-state index contributed by atoms with van der Waals surface area (Å²) in [6, 6.07) is 17.4. The number of aromatic nitrogens is 3. The normalized spacial score (nSPS) is 12.6. The highest BCUT2D eigenvalue weighted by Crippen LogP contribution is 2.63. The summed E-state index contributed by atoms with van der Waals surface area (Å²) < 4.78 is 39.8. The van der Waals surface area contributed by atoms with Gasteiger partial charge >= 0.3 is 13.6 Å². The molecular weight excluding hydrogens is 599 g/mol. The van der Waals surface area contributed by atoms with Gasteiger partial charge in [0.15, 0.2) is 10.9 Å². The van der Waals surface area contributed by atoms with E-state index in [4.69, 9.17) is 23.6 Å². The Balaban J connectivity index is 1.91. The SMILES string of the molecule is CCOC(=O)c1sc(NC(c2c(C)nn(-c3ccccc3)c2Oc2ccc(C(C)(C)C)cc2)P(=O)(OCC)OCC)nc1C. The minimum absolute atomic E-state index is 0.0308. The maximum Gasteiger partial charge on any atom is 0.357 e. The number of para-hydroxylation sites is 1. The van der Waals surface area contributed by atoms with E-state index in [2.05, 4.69) is 31.1 Å². The molecule has 1 atom stereocenters. The molecular formula is C32H41N4O6PS. The molecule has 2 heterocycles. The summed E-state index contributed by atoms with van der Waals surface area (Å²) in [6.07, 6.45) is 0. The number of nitrogens with one attached hydrogen (secondary N) is 1. The van der Waals surface area contributed by atoms with Crippen LogP contribution in [0.25, 0.3) is 5.69 Å². The summed E-state index contributed by atoms with van der Waals surface area (Å²) in [5, 5.41) is 8.46. The van der Waals surface area contributed by atoms with Crippen LogP contribution >= 0.6 is 18.9 Å². The maximum atomic E-state index is 14.6. The zero-order valence-electron chi connectivity index (χ0n) is 26.5. The molecule has 236 valence electrons. The second-order valence-electron chi connectivity index (χ2n) is 11.0. The lowest BCUT2D eigenvalue weighted by Gasteiger charge is -2.27. The van der Waals surface area contributed by atoms with Gasteiger partial charge in [0.1, 0.15) is 10.6 Å². The summed E-state index contributed by atoms with van der Waals surface area (Å²) in [4.78, 5) is 17.5. The predicted octanol–water partition coefficient (Wildman–Crippen LogP) is 8.59. The molecule has 1 N–H and O–H groups in total. The molecule has 0 spiro atoms. The Morgan fingerprint density at radius 2 is 1.59 bits per heavy atom. The molecule has 0 fully saturated rings. The van der Waals surface area contributed by atoms with E-state index in [1.165, 1.54) is 0 Å². The van der Waals surface area contributed by atoms with Gasteiger partial charge in [0, 0.05) is 0 Å². The van der Waals surface area contributed by atoms with E-state index in [1.807, 2.05) is 61.5 Å². The third kappa shape index (κ3) is 7.41. The molecule has 0 aliphatic carbocycles. The Morgan fingerprint density at radius 3 is 2.16 bits per heavy atom. The zero-order chi connectivity index (χ0) is 32.1. The van der Waals surface area contributed by atoms with Gasteiger partial charge in [-0.3, -0.25) is 4.57 Å². The fraction of sp³-hybridized carbons (Fsp3) is 0.406. The van der Waals surface area contributed by atoms with Crippen molar-refractivity contribution in [3.8, 4) is 17.3 Å². The number of aryl methyl sites for hydroxylation is 2. The lowest BCUT2D eigenvalue weighted by Crippen LogP contribution is -2.17. The Labute approximate surface area is 263 Å². The fourth-order valence-corrected chi connectivity index (χ4v) is 7.59. The standard InChI is InChI=1S/C32H41N4O6PS/c1-9-39-30(37)27-22(5)33-31(44-27)34-28(43(38,40-10-2)41-11-3)26-21(4)35-36(24-15-13-12-14-16-24)29(26)42-25-19-17-23(18-20-25)32(6,7)8/h12-20,28H,9-11H2,1-8H3,(H,33,34). The van der Waals surface area contributed by atoms with Gasteiger partial charge in [0.2, 0.25) is 5.88 Å². The average Bonchev–Trinajstić information content (AvgIpc) is 3.51. The molecule has 10 nitrogen and oxygen atoms in total. The van der Waals surface area contributed by atoms with Gasteiger partial charge in [0.05, 0.1) is 42.5 Å². The molecule has 12 heteroatoms. The third-order valence-electron chi connectivity index (χ3n) is 6.72. The minimum atomic E-state index is -3.92. The van der Waals surface area contributed by atoms with E-state index in [-0.39, 0.29) is 25.2 Å². The summed E-state index contributed by atoms with van der Waals surface area (Å²) in [5.41, 5.74) is 3.39. The van der Waals surface area contributed by atoms with Gasteiger partial charge < -0.3 is 23.8 Å². The second-order valence-corrected chi connectivity index (χ2v) is 14.1. The number of esters is 1. The van der Waals surface area contributed by atoms with Gasteiger partial charge in [-0.05, 0) is 69.9 Å². The van der Waals surface area contributed by atoms with Crippen molar-refractivity contribution >= 4 is 30.0 Å². The molecule has 2 aromatic carbocycles. The molecule has 0 radical (unpaired) electrons. The topological polar surface area (TPSA) is 114 Å². The Morgan fingerprint density at radius 1 is 0.955 bits per heavy atom. The molecule has 1 unspecified atom stereocenters. The van der Waals surface area contributed by atoms with Gasteiger partial charge in [-0.25, -0.2) is 14.5 Å². The van der Waals surface area contributed by atoms with Crippen molar-refractivity contribution in [3.05, 3.63) is 82.0 Å². The number of benzene rings is 2. The highest BCUT2D eigenvalue weighted by molar-refractivity contribution is 7.54. The maximum absolute atomic E-state index is 14.6. The second kappa shape index (κ2) is 14.1. The molecule has 0 aliphatic rings. The van der Waals surface area contributed by atoms with Crippen LogP contribution < -0.4 is 10.1 Å².